The van der Waals surface area contributed by atoms with Gasteiger partial charge in [-0.2, -0.15) is 0 Å². The molecule has 2 aromatic rings. The van der Waals surface area contributed by atoms with Crippen LogP contribution in [0.1, 0.15) is 22.8 Å². The van der Waals surface area contributed by atoms with Crippen LogP contribution in [0, 0.1) is 10.1 Å². The molecule has 2 rings (SSSR count). The van der Waals surface area contributed by atoms with Crippen LogP contribution in [0.3, 0.4) is 0 Å². The number of hydrogen-bond donors (Lipinski definition) is 2. The molecule has 25 heavy (non-hydrogen) atoms. The highest BCUT2D eigenvalue weighted by atomic mass is 16.6. The van der Waals surface area contributed by atoms with Gasteiger partial charge >= 0.3 is 0 Å². The summed E-state index contributed by atoms with van der Waals surface area (Å²) in [5, 5.41) is 10.9. The number of carbonyl (C=O) groups excluding carboxylic acids is 2. The van der Waals surface area contributed by atoms with Crippen molar-refractivity contribution in [3.8, 4) is 5.75 Å². The summed E-state index contributed by atoms with van der Waals surface area (Å²) < 4.78 is 5.34. The molecule has 2 N–H and O–H groups in total. The molecule has 0 aliphatic rings. The minimum Gasteiger partial charge on any atom is -0.484 e. The molecule has 2 amide bonds. The molecule has 0 aliphatic heterocycles. The van der Waals surface area contributed by atoms with Crippen LogP contribution in [-0.2, 0) is 11.2 Å². The number of ether oxygens (including phenoxy) is 1. The predicted octanol–water partition coefficient (Wildman–Crippen LogP) is 2.00. The topological polar surface area (TPSA) is 111 Å². The Morgan fingerprint density at radius 2 is 1.88 bits per heavy atom. The number of rotatable bonds is 6. The van der Waals surface area contributed by atoms with Gasteiger partial charge in [-0.1, -0.05) is 31.2 Å². The normalized spacial score (nSPS) is 9.96. The lowest BCUT2D eigenvalue weighted by molar-refractivity contribution is -0.385. The van der Waals surface area contributed by atoms with Crippen LogP contribution >= 0.6 is 0 Å². The number of carbonyl (C=O) groups is 2. The molecule has 0 saturated heterocycles. The minimum absolute atomic E-state index is 0.149. The maximum atomic E-state index is 12.0. The van der Waals surface area contributed by atoms with Crippen molar-refractivity contribution in [1.29, 1.82) is 0 Å². The van der Waals surface area contributed by atoms with E-state index in [1.165, 1.54) is 24.3 Å². The fourth-order valence-electron chi connectivity index (χ4n) is 2.06. The molecule has 0 atom stereocenters. The second-order valence-corrected chi connectivity index (χ2v) is 5.07. The Labute approximate surface area is 143 Å². The minimum atomic E-state index is -0.784. The number of nitro benzene ring substituents is 1. The van der Waals surface area contributed by atoms with Crippen molar-refractivity contribution < 1.29 is 19.2 Å². The number of aryl methyl sites for hydroxylation is 1. The third kappa shape index (κ3) is 5.03. The van der Waals surface area contributed by atoms with Gasteiger partial charge in [0.25, 0.3) is 17.5 Å². The number of hydrazine groups is 1. The first-order chi connectivity index (χ1) is 12.0. The van der Waals surface area contributed by atoms with E-state index in [1.54, 1.807) is 6.07 Å². The molecular formula is C17H17N3O5. The van der Waals surface area contributed by atoms with E-state index in [-0.39, 0.29) is 17.9 Å². The summed E-state index contributed by atoms with van der Waals surface area (Å²) in [6, 6.07) is 12.8. The summed E-state index contributed by atoms with van der Waals surface area (Å²) >= 11 is 0. The summed E-state index contributed by atoms with van der Waals surface area (Å²) in [7, 11) is 0. The van der Waals surface area contributed by atoms with Gasteiger partial charge in [0.05, 0.1) is 4.92 Å². The number of nitro groups is 1. The molecule has 0 aromatic heterocycles. The molecular weight excluding hydrogens is 326 g/mol. The first-order valence-electron chi connectivity index (χ1n) is 7.55. The van der Waals surface area contributed by atoms with Crippen molar-refractivity contribution in [2.45, 2.75) is 13.3 Å². The average Bonchev–Trinajstić information content (AvgIpc) is 2.64. The lowest BCUT2D eigenvalue weighted by Crippen LogP contribution is -2.44. The van der Waals surface area contributed by atoms with Gasteiger partial charge in [0, 0.05) is 6.07 Å². The molecule has 8 heteroatoms. The Balaban J connectivity index is 1.87. The summed E-state index contributed by atoms with van der Waals surface area (Å²) in [5.41, 5.74) is 4.87. The van der Waals surface area contributed by atoms with E-state index in [0.717, 1.165) is 12.0 Å². The Morgan fingerprint density at radius 1 is 1.12 bits per heavy atom. The predicted molar refractivity (Wildman–Crippen MR) is 90.0 cm³/mol. The molecule has 0 heterocycles. The van der Waals surface area contributed by atoms with Crippen LogP contribution in [0.25, 0.3) is 0 Å². The first-order valence-corrected chi connectivity index (χ1v) is 7.55. The van der Waals surface area contributed by atoms with E-state index in [4.69, 9.17) is 4.74 Å². The van der Waals surface area contributed by atoms with Crippen molar-refractivity contribution in [2.24, 2.45) is 0 Å². The van der Waals surface area contributed by atoms with Gasteiger partial charge in [0.1, 0.15) is 11.3 Å². The summed E-state index contributed by atoms with van der Waals surface area (Å²) in [4.78, 5) is 33.9. The molecule has 0 saturated carbocycles. The zero-order valence-corrected chi connectivity index (χ0v) is 13.5. The third-order valence-electron chi connectivity index (χ3n) is 3.34. The largest absolute Gasteiger partial charge is 0.484 e. The lowest BCUT2D eigenvalue weighted by Gasteiger charge is -2.09. The Hall–Kier alpha value is -3.42. The SMILES string of the molecule is CCc1cccc(OCC(=O)NNC(=O)c2ccccc2[N+](=O)[O-])c1. The van der Waals surface area contributed by atoms with Crippen LogP contribution < -0.4 is 15.6 Å². The van der Waals surface area contributed by atoms with E-state index in [9.17, 15) is 19.7 Å². The van der Waals surface area contributed by atoms with Crippen molar-refractivity contribution >= 4 is 17.5 Å². The average molecular weight is 343 g/mol. The standard InChI is InChI=1S/C17H17N3O5/c1-2-12-6-5-7-13(10-12)25-11-16(21)18-19-17(22)14-8-3-4-9-15(14)20(23)24/h3-10H,2,11H2,1H3,(H,18,21)(H,19,22). The number of amides is 2. The van der Waals surface area contributed by atoms with Gasteiger partial charge < -0.3 is 4.74 Å². The zero-order chi connectivity index (χ0) is 18.2. The second-order valence-electron chi connectivity index (χ2n) is 5.07. The van der Waals surface area contributed by atoms with Crippen molar-refractivity contribution in [3.05, 3.63) is 69.8 Å². The van der Waals surface area contributed by atoms with Gasteiger partial charge in [-0.25, -0.2) is 0 Å². The summed E-state index contributed by atoms with van der Waals surface area (Å²) in [5.74, 6) is -0.831. The molecule has 0 spiro atoms. The van der Waals surface area contributed by atoms with E-state index < -0.39 is 16.7 Å². The monoisotopic (exact) mass is 343 g/mol. The molecule has 0 unspecified atom stereocenters. The summed E-state index contributed by atoms with van der Waals surface area (Å²) in [6.07, 6.45) is 0.843. The van der Waals surface area contributed by atoms with Crippen LogP contribution in [0.4, 0.5) is 5.69 Å². The molecule has 8 nitrogen and oxygen atoms in total. The van der Waals surface area contributed by atoms with E-state index >= 15 is 0 Å². The fourth-order valence-corrected chi connectivity index (χ4v) is 2.06. The molecule has 2 aromatic carbocycles. The maximum Gasteiger partial charge on any atom is 0.282 e. The molecule has 130 valence electrons. The van der Waals surface area contributed by atoms with Crippen LogP contribution in [0.5, 0.6) is 5.75 Å². The highest BCUT2D eigenvalue weighted by molar-refractivity contribution is 5.99. The number of nitrogens with zero attached hydrogens (tertiary/aromatic N) is 1. The van der Waals surface area contributed by atoms with Gasteiger partial charge in [-0.05, 0) is 30.2 Å². The quantitative estimate of drug-likeness (QED) is 0.615. The number of nitrogens with one attached hydrogen (secondary N) is 2. The van der Waals surface area contributed by atoms with Crippen LogP contribution in [0.2, 0.25) is 0 Å². The maximum absolute atomic E-state index is 12.0. The Bertz CT molecular complexity index is 791. The summed E-state index contributed by atoms with van der Waals surface area (Å²) in [6.45, 7) is 1.70. The van der Waals surface area contributed by atoms with Crippen molar-refractivity contribution in [2.75, 3.05) is 6.61 Å². The lowest BCUT2D eigenvalue weighted by atomic mass is 10.2. The molecule has 0 aliphatic carbocycles. The second kappa shape index (κ2) is 8.44. The first kappa shape index (κ1) is 17.9. The number of para-hydroxylation sites is 1. The molecule has 0 radical (unpaired) electrons. The van der Waals surface area contributed by atoms with Gasteiger partial charge in [0.15, 0.2) is 6.61 Å². The molecule has 0 fully saturated rings. The van der Waals surface area contributed by atoms with Gasteiger partial charge in [0.2, 0.25) is 0 Å². The van der Waals surface area contributed by atoms with Gasteiger partial charge in [-0.3, -0.25) is 30.6 Å². The van der Waals surface area contributed by atoms with E-state index in [1.807, 2.05) is 25.1 Å². The fraction of sp³-hybridized carbons (Fsp3) is 0.176. The Morgan fingerprint density at radius 3 is 2.60 bits per heavy atom. The van der Waals surface area contributed by atoms with E-state index in [2.05, 4.69) is 10.9 Å². The Kier molecular flexibility index (Phi) is 6.05. The number of benzene rings is 2. The van der Waals surface area contributed by atoms with Crippen LogP contribution in [-0.4, -0.2) is 23.3 Å². The van der Waals surface area contributed by atoms with E-state index in [0.29, 0.717) is 5.75 Å². The van der Waals surface area contributed by atoms with Crippen molar-refractivity contribution in [1.82, 2.24) is 10.9 Å². The highest BCUT2D eigenvalue weighted by Crippen LogP contribution is 2.17. The van der Waals surface area contributed by atoms with Crippen LogP contribution in [0.15, 0.2) is 48.5 Å². The smallest absolute Gasteiger partial charge is 0.282 e. The van der Waals surface area contributed by atoms with Crippen molar-refractivity contribution in [3.63, 3.8) is 0 Å². The third-order valence-corrected chi connectivity index (χ3v) is 3.34. The number of hydrogen-bond acceptors (Lipinski definition) is 5. The highest BCUT2D eigenvalue weighted by Gasteiger charge is 2.19. The molecule has 0 bridgehead atoms. The van der Waals surface area contributed by atoms with Gasteiger partial charge in [-0.15, -0.1) is 0 Å². The zero-order valence-electron chi connectivity index (χ0n) is 13.5.